The molecular weight excluding hydrogens is 308 g/mol. The molecule has 4 nitrogen and oxygen atoms in total. The van der Waals surface area contributed by atoms with Gasteiger partial charge < -0.3 is 10.2 Å². The molecule has 1 aliphatic rings. The van der Waals surface area contributed by atoms with Gasteiger partial charge in [-0.2, -0.15) is 0 Å². The fourth-order valence-corrected chi connectivity index (χ4v) is 3.54. The van der Waals surface area contributed by atoms with Gasteiger partial charge in [0.1, 0.15) is 0 Å². The molecule has 0 aromatic heterocycles. The van der Waals surface area contributed by atoms with Crippen molar-refractivity contribution in [1.29, 1.82) is 0 Å². The minimum atomic E-state index is 0.0560. The minimum Gasteiger partial charge on any atom is -0.355 e. The molecule has 0 aliphatic carbocycles. The van der Waals surface area contributed by atoms with Crippen molar-refractivity contribution in [2.24, 2.45) is 0 Å². The van der Waals surface area contributed by atoms with Crippen LogP contribution in [0.15, 0.2) is 29.2 Å². The van der Waals surface area contributed by atoms with E-state index >= 15 is 0 Å². The average molecular weight is 334 g/mol. The molecule has 2 rings (SSSR count). The number of thioether (sulfide) groups is 1. The number of benzene rings is 1. The summed E-state index contributed by atoms with van der Waals surface area (Å²) in [7, 11) is 0. The Hall–Kier alpha value is -1.49. The lowest BCUT2D eigenvalue weighted by Gasteiger charge is -2.20. The number of nitrogens with zero attached hydrogens (tertiary/aromatic N) is 1. The third-order valence-corrected chi connectivity index (χ3v) is 5.23. The van der Waals surface area contributed by atoms with Crippen molar-refractivity contribution in [1.82, 2.24) is 10.2 Å². The van der Waals surface area contributed by atoms with Crippen molar-refractivity contribution in [3.8, 4) is 0 Å². The maximum atomic E-state index is 11.9. The summed E-state index contributed by atoms with van der Waals surface area (Å²) in [6, 6.07) is 8.09. The number of rotatable bonds is 7. The number of hydrogen-bond donors (Lipinski definition) is 1. The first kappa shape index (κ1) is 17.9. The van der Waals surface area contributed by atoms with Crippen LogP contribution in [0.1, 0.15) is 37.7 Å². The third-order valence-electron chi connectivity index (χ3n) is 4.05. The fourth-order valence-electron chi connectivity index (χ4n) is 2.69. The van der Waals surface area contributed by atoms with Crippen LogP contribution in [0.4, 0.5) is 0 Å². The molecule has 0 saturated carbocycles. The van der Waals surface area contributed by atoms with Crippen LogP contribution in [0.3, 0.4) is 0 Å². The first-order valence-corrected chi connectivity index (χ1v) is 9.38. The molecule has 0 unspecified atom stereocenters. The van der Waals surface area contributed by atoms with Gasteiger partial charge in [-0.15, -0.1) is 11.8 Å². The van der Waals surface area contributed by atoms with Gasteiger partial charge in [0.15, 0.2) is 0 Å². The number of hydrogen-bond acceptors (Lipinski definition) is 3. The highest BCUT2D eigenvalue weighted by Gasteiger charge is 2.15. The van der Waals surface area contributed by atoms with Crippen molar-refractivity contribution < 1.29 is 9.59 Å². The smallest absolute Gasteiger partial charge is 0.230 e. The first-order chi connectivity index (χ1) is 11.2. The van der Waals surface area contributed by atoms with Gasteiger partial charge in [0.25, 0.3) is 0 Å². The van der Waals surface area contributed by atoms with Crippen molar-refractivity contribution in [3.63, 3.8) is 0 Å². The molecule has 5 heteroatoms. The molecule has 1 fully saturated rings. The Morgan fingerprint density at radius 3 is 2.91 bits per heavy atom. The van der Waals surface area contributed by atoms with E-state index < -0.39 is 0 Å². The number of nitrogens with one attached hydrogen (secondary N) is 1. The monoisotopic (exact) mass is 334 g/mol. The van der Waals surface area contributed by atoms with E-state index in [2.05, 4.69) is 18.3 Å². The Morgan fingerprint density at radius 2 is 2.09 bits per heavy atom. The second-order valence-electron chi connectivity index (χ2n) is 5.95. The van der Waals surface area contributed by atoms with Crippen molar-refractivity contribution in [2.45, 2.75) is 43.9 Å². The van der Waals surface area contributed by atoms with Crippen LogP contribution < -0.4 is 5.32 Å². The molecule has 0 spiro atoms. The summed E-state index contributed by atoms with van der Waals surface area (Å²) >= 11 is 1.57. The van der Waals surface area contributed by atoms with Crippen molar-refractivity contribution in [3.05, 3.63) is 29.8 Å². The zero-order chi connectivity index (χ0) is 16.5. The second-order valence-corrected chi connectivity index (χ2v) is 6.97. The molecule has 0 bridgehead atoms. The normalized spacial score (nSPS) is 15.3. The Kier molecular flexibility index (Phi) is 7.46. The zero-order valence-electron chi connectivity index (χ0n) is 13.8. The van der Waals surface area contributed by atoms with Gasteiger partial charge in [-0.05, 0) is 37.8 Å². The standard InChI is InChI=1S/C18H26N2O2S/c1-15-8-4-5-9-16(15)23-14-17(21)19-11-7-13-20-12-6-2-3-10-18(20)22/h4-5,8-9H,2-3,6-7,10-14H2,1H3,(H,19,21). The predicted molar refractivity (Wildman–Crippen MR) is 94.6 cm³/mol. The molecule has 1 aliphatic heterocycles. The third kappa shape index (κ3) is 6.26. The molecule has 0 atom stereocenters. The van der Waals surface area contributed by atoms with Crippen LogP contribution in [-0.4, -0.2) is 42.1 Å². The maximum absolute atomic E-state index is 11.9. The number of likely N-dealkylation sites (tertiary alicyclic amines) is 1. The molecule has 2 amide bonds. The molecule has 1 aromatic rings. The van der Waals surface area contributed by atoms with Crippen LogP contribution in [-0.2, 0) is 9.59 Å². The SMILES string of the molecule is Cc1ccccc1SCC(=O)NCCCN1CCCCCC1=O. The highest BCUT2D eigenvalue weighted by Crippen LogP contribution is 2.21. The molecule has 1 N–H and O–H groups in total. The average Bonchev–Trinajstić information content (AvgIpc) is 2.75. The summed E-state index contributed by atoms with van der Waals surface area (Å²) in [5.74, 6) is 0.761. The number of carbonyl (C=O) groups is 2. The number of aryl methyl sites for hydroxylation is 1. The summed E-state index contributed by atoms with van der Waals surface area (Å²) in [4.78, 5) is 26.9. The van der Waals surface area contributed by atoms with Crippen molar-refractivity contribution in [2.75, 3.05) is 25.4 Å². The Labute approximate surface area is 143 Å². The molecular formula is C18H26N2O2S. The lowest BCUT2D eigenvalue weighted by atomic mass is 10.2. The minimum absolute atomic E-state index is 0.0560. The van der Waals surface area contributed by atoms with E-state index in [1.807, 2.05) is 23.1 Å². The number of carbonyl (C=O) groups excluding carboxylic acids is 2. The molecule has 126 valence electrons. The topological polar surface area (TPSA) is 49.4 Å². The van der Waals surface area contributed by atoms with Crippen molar-refractivity contribution >= 4 is 23.6 Å². The van der Waals surface area contributed by atoms with Crippen LogP contribution in [0.2, 0.25) is 0 Å². The maximum Gasteiger partial charge on any atom is 0.230 e. The summed E-state index contributed by atoms with van der Waals surface area (Å²) in [6.07, 6.45) is 4.77. The Balaban J connectivity index is 1.61. The van der Waals surface area contributed by atoms with Gasteiger partial charge in [0.2, 0.25) is 11.8 Å². The lowest BCUT2D eigenvalue weighted by Crippen LogP contribution is -2.34. The van der Waals surface area contributed by atoms with Crippen LogP contribution in [0, 0.1) is 6.92 Å². The lowest BCUT2D eigenvalue weighted by molar-refractivity contribution is -0.130. The largest absolute Gasteiger partial charge is 0.355 e. The summed E-state index contributed by atoms with van der Waals surface area (Å²) < 4.78 is 0. The van der Waals surface area contributed by atoms with E-state index in [-0.39, 0.29) is 11.8 Å². The highest BCUT2D eigenvalue weighted by molar-refractivity contribution is 8.00. The first-order valence-electron chi connectivity index (χ1n) is 8.40. The van der Waals surface area contributed by atoms with Gasteiger partial charge in [0.05, 0.1) is 5.75 Å². The summed E-state index contributed by atoms with van der Waals surface area (Å²) in [5.41, 5.74) is 1.20. The van der Waals surface area contributed by atoms with Crippen LogP contribution in [0.25, 0.3) is 0 Å². The highest BCUT2D eigenvalue weighted by atomic mass is 32.2. The van der Waals surface area contributed by atoms with E-state index in [1.165, 1.54) is 5.56 Å². The summed E-state index contributed by atoms with van der Waals surface area (Å²) in [6.45, 7) is 4.31. The predicted octanol–water partition coefficient (Wildman–Crippen LogP) is 3.00. The quantitative estimate of drug-likeness (QED) is 0.616. The molecule has 1 aromatic carbocycles. The van der Waals surface area contributed by atoms with E-state index in [0.717, 1.165) is 43.7 Å². The Bertz CT molecular complexity index is 534. The van der Waals surface area contributed by atoms with E-state index in [9.17, 15) is 9.59 Å². The van der Waals surface area contributed by atoms with Gasteiger partial charge in [-0.3, -0.25) is 9.59 Å². The zero-order valence-corrected chi connectivity index (χ0v) is 14.7. The van der Waals surface area contributed by atoms with E-state index in [0.29, 0.717) is 18.7 Å². The number of amides is 2. The molecule has 1 saturated heterocycles. The van der Waals surface area contributed by atoms with Crippen LogP contribution in [0.5, 0.6) is 0 Å². The second kappa shape index (κ2) is 9.60. The van der Waals surface area contributed by atoms with Gasteiger partial charge >= 0.3 is 0 Å². The van der Waals surface area contributed by atoms with E-state index in [4.69, 9.17) is 0 Å². The van der Waals surface area contributed by atoms with E-state index in [1.54, 1.807) is 11.8 Å². The van der Waals surface area contributed by atoms with Crippen LogP contribution >= 0.6 is 11.8 Å². The Morgan fingerprint density at radius 1 is 1.26 bits per heavy atom. The van der Waals surface area contributed by atoms with Gasteiger partial charge in [0, 0.05) is 31.0 Å². The van der Waals surface area contributed by atoms with Gasteiger partial charge in [-0.25, -0.2) is 0 Å². The summed E-state index contributed by atoms with van der Waals surface area (Å²) in [5, 5.41) is 2.94. The fraction of sp³-hybridized carbons (Fsp3) is 0.556. The molecule has 1 heterocycles. The van der Waals surface area contributed by atoms with Gasteiger partial charge in [-0.1, -0.05) is 24.6 Å². The molecule has 0 radical (unpaired) electrons. The molecule has 23 heavy (non-hydrogen) atoms.